The lowest BCUT2D eigenvalue weighted by Crippen LogP contribution is -2.35. The fourth-order valence-corrected chi connectivity index (χ4v) is 0.992. The lowest BCUT2D eigenvalue weighted by atomic mass is 10.4. The minimum Gasteiger partial charge on any atom is -0.362 e. The summed E-state index contributed by atoms with van der Waals surface area (Å²) in [7, 11) is 0. The van der Waals surface area contributed by atoms with E-state index in [2.05, 4.69) is 15.3 Å². The molecule has 0 aliphatic rings. The van der Waals surface area contributed by atoms with E-state index in [0.29, 0.717) is 0 Å². The van der Waals surface area contributed by atoms with Crippen molar-refractivity contribution in [1.29, 1.82) is 0 Å². The van der Waals surface area contributed by atoms with Crippen LogP contribution in [0.3, 0.4) is 0 Å². The molecule has 11 heavy (non-hydrogen) atoms. The minimum absolute atomic E-state index is 0.812. The van der Waals surface area contributed by atoms with E-state index >= 15 is 0 Å². The van der Waals surface area contributed by atoms with Gasteiger partial charge in [0.15, 0.2) is 12.7 Å². The standard InChI is InChI=1S/C7H8N4/c1-2-7(8-3-1)6-11-5-4-9-10-11/h1-5,8H,6H2/p+1. The molecule has 0 amide bonds. The molecule has 0 aliphatic heterocycles. The maximum atomic E-state index is 3.83. The highest BCUT2D eigenvalue weighted by Gasteiger charge is 1.99. The summed E-state index contributed by atoms with van der Waals surface area (Å²) < 4.78 is 1.89. The molecule has 2 N–H and O–H groups in total. The zero-order valence-corrected chi connectivity index (χ0v) is 5.99. The number of aromatic nitrogens is 4. The Kier molecular flexibility index (Phi) is 1.44. The van der Waals surface area contributed by atoms with Gasteiger partial charge in [-0.25, -0.2) is 0 Å². The molecule has 4 heteroatoms. The summed E-state index contributed by atoms with van der Waals surface area (Å²) >= 11 is 0. The van der Waals surface area contributed by atoms with Crippen molar-refractivity contribution in [3.05, 3.63) is 36.4 Å². The number of H-pyrrole nitrogens is 2. The van der Waals surface area contributed by atoms with Crippen molar-refractivity contribution in [2.24, 2.45) is 0 Å². The van der Waals surface area contributed by atoms with Crippen molar-refractivity contribution >= 4 is 0 Å². The van der Waals surface area contributed by atoms with E-state index in [0.717, 1.165) is 6.54 Å². The van der Waals surface area contributed by atoms with Crippen LogP contribution in [0.15, 0.2) is 30.7 Å². The number of aromatic amines is 2. The third kappa shape index (κ3) is 1.29. The van der Waals surface area contributed by atoms with Crippen molar-refractivity contribution in [2.45, 2.75) is 6.54 Å². The average molecular weight is 149 g/mol. The Labute approximate surface area is 63.9 Å². The van der Waals surface area contributed by atoms with Crippen LogP contribution in [-0.2, 0) is 6.54 Å². The van der Waals surface area contributed by atoms with Gasteiger partial charge in [-0.05, 0) is 12.1 Å². The molecule has 0 atom stereocenters. The van der Waals surface area contributed by atoms with Crippen LogP contribution in [-0.4, -0.2) is 15.3 Å². The highest BCUT2D eigenvalue weighted by atomic mass is 15.4. The number of rotatable bonds is 2. The van der Waals surface area contributed by atoms with E-state index in [1.54, 1.807) is 6.20 Å². The molecule has 0 saturated carbocycles. The van der Waals surface area contributed by atoms with Gasteiger partial charge < -0.3 is 4.98 Å². The monoisotopic (exact) mass is 149 g/mol. The van der Waals surface area contributed by atoms with E-state index in [-0.39, 0.29) is 0 Å². The van der Waals surface area contributed by atoms with Crippen molar-refractivity contribution in [2.75, 3.05) is 0 Å². The maximum Gasteiger partial charge on any atom is 0.206 e. The molecular formula is C7H9N4+. The van der Waals surface area contributed by atoms with Gasteiger partial charge in [0.05, 0.1) is 5.69 Å². The smallest absolute Gasteiger partial charge is 0.206 e. The molecule has 2 rings (SSSR count). The topological polar surface area (TPSA) is 48.4 Å². The van der Waals surface area contributed by atoms with Gasteiger partial charge in [-0.15, -0.1) is 0 Å². The van der Waals surface area contributed by atoms with E-state index in [9.17, 15) is 0 Å². The van der Waals surface area contributed by atoms with Crippen LogP contribution in [0.4, 0.5) is 0 Å². The molecule has 0 radical (unpaired) electrons. The zero-order valence-electron chi connectivity index (χ0n) is 5.99. The Morgan fingerprint density at radius 2 is 2.55 bits per heavy atom. The predicted molar refractivity (Wildman–Crippen MR) is 38.7 cm³/mol. The van der Waals surface area contributed by atoms with Crippen molar-refractivity contribution in [3.63, 3.8) is 0 Å². The van der Waals surface area contributed by atoms with Gasteiger partial charge in [0, 0.05) is 11.3 Å². The summed E-state index contributed by atoms with van der Waals surface area (Å²) in [6.07, 6.45) is 5.52. The largest absolute Gasteiger partial charge is 0.362 e. The molecular weight excluding hydrogens is 140 g/mol. The SMILES string of the molecule is c1c[nH]c(C[n+]2ccn[nH]2)c1. The van der Waals surface area contributed by atoms with Crippen LogP contribution in [0.5, 0.6) is 0 Å². The number of hydrogen-bond acceptors (Lipinski definition) is 1. The minimum atomic E-state index is 0.812. The normalized spacial score (nSPS) is 10.2. The average Bonchev–Trinajstić information content (AvgIpc) is 2.60. The molecule has 0 saturated heterocycles. The van der Waals surface area contributed by atoms with Crippen LogP contribution < -0.4 is 4.68 Å². The third-order valence-electron chi connectivity index (χ3n) is 1.51. The van der Waals surface area contributed by atoms with Crippen LogP contribution in [0.25, 0.3) is 0 Å². The fourth-order valence-electron chi connectivity index (χ4n) is 0.992. The van der Waals surface area contributed by atoms with Crippen molar-refractivity contribution in [3.8, 4) is 0 Å². The Morgan fingerprint density at radius 1 is 1.55 bits per heavy atom. The van der Waals surface area contributed by atoms with Crippen LogP contribution in [0.2, 0.25) is 0 Å². The first-order valence-corrected chi connectivity index (χ1v) is 3.46. The molecule has 0 unspecified atom stereocenters. The second kappa shape index (κ2) is 2.57. The van der Waals surface area contributed by atoms with Gasteiger partial charge in [-0.2, -0.15) is 4.68 Å². The third-order valence-corrected chi connectivity index (χ3v) is 1.51. The number of nitrogens with one attached hydrogen (secondary N) is 2. The first-order chi connectivity index (χ1) is 5.45. The summed E-state index contributed by atoms with van der Waals surface area (Å²) in [5.41, 5.74) is 1.17. The molecule has 0 aromatic carbocycles. The molecule has 0 aliphatic carbocycles. The van der Waals surface area contributed by atoms with Gasteiger partial charge in [-0.1, -0.05) is 5.21 Å². The highest BCUT2D eigenvalue weighted by Crippen LogP contribution is 1.91. The summed E-state index contributed by atoms with van der Waals surface area (Å²) in [5, 5.41) is 6.65. The molecule has 2 aromatic rings. The summed E-state index contributed by atoms with van der Waals surface area (Å²) in [6, 6.07) is 4.01. The van der Waals surface area contributed by atoms with Gasteiger partial charge >= 0.3 is 0 Å². The quantitative estimate of drug-likeness (QED) is 0.583. The lowest BCUT2D eigenvalue weighted by Gasteiger charge is -1.89. The van der Waals surface area contributed by atoms with E-state index < -0.39 is 0 Å². The second-order valence-electron chi connectivity index (χ2n) is 2.35. The van der Waals surface area contributed by atoms with Crippen molar-refractivity contribution in [1.82, 2.24) is 15.3 Å². The predicted octanol–water partition coefficient (Wildman–Crippen LogP) is 0.0736. The Hall–Kier alpha value is -1.58. The summed E-state index contributed by atoms with van der Waals surface area (Å²) in [6.45, 7) is 0.812. The molecule has 0 bridgehead atoms. The van der Waals surface area contributed by atoms with Crippen molar-refractivity contribution < 1.29 is 4.68 Å². The van der Waals surface area contributed by atoms with E-state index in [4.69, 9.17) is 0 Å². The van der Waals surface area contributed by atoms with Gasteiger partial charge in [0.2, 0.25) is 6.20 Å². The summed E-state index contributed by atoms with van der Waals surface area (Å²) in [5.74, 6) is 0. The Morgan fingerprint density at radius 3 is 3.18 bits per heavy atom. The zero-order chi connectivity index (χ0) is 7.52. The van der Waals surface area contributed by atoms with Crippen LogP contribution in [0, 0.1) is 0 Å². The lowest BCUT2D eigenvalue weighted by molar-refractivity contribution is -0.746. The molecule has 4 nitrogen and oxygen atoms in total. The Bertz CT molecular complexity index is 263. The highest BCUT2D eigenvalue weighted by molar-refractivity contribution is 5.01. The summed E-state index contributed by atoms with van der Waals surface area (Å²) in [4.78, 5) is 3.11. The Balaban J connectivity index is 2.14. The molecule has 56 valence electrons. The molecule has 2 aromatic heterocycles. The van der Waals surface area contributed by atoms with Crippen LogP contribution >= 0.6 is 0 Å². The van der Waals surface area contributed by atoms with E-state index in [1.165, 1.54) is 5.69 Å². The first kappa shape index (κ1) is 6.15. The number of nitrogens with zero attached hydrogens (tertiary/aromatic N) is 2. The molecule has 2 heterocycles. The van der Waals surface area contributed by atoms with Gasteiger partial charge in [-0.3, -0.25) is 0 Å². The molecule has 0 spiro atoms. The first-order valence-electron chi connectivity index (χ1n) is 3.46. The number of hydrogen-bond donors (Lipinski definition) is 2. The van der Waals surface area contributed by atoms with Crippen LogP contribution in [0.1, 0.15) is 5.69 Å². The second-order valence-corrected chi connectivity index (χ2v) is 2.35. The fraction of sp³-hybridized carbons (Fsp3) is 0.143. The van der Waals surface area contributed by atoms with Gasteiger partial charge in [0.1, 0.15) is 0 Å². The molecule has 0 fully saturated rings. The van der Waals surface area contributed by atoms with Gasteiger partial charge in [0.25, 0.3) is 0 Å². The van der Waals surface area contributed by atoms with E-state index in [1.807, 2.05) is 29.2 Å². The maximum absolute atomic E-state index is 3.83.